The summed E-state index contributed by atoms with van der Waals surface area (Å²) in [6.07, 6.45) is 66.6. The summed E-state index contributed by atoms with van der Waals surface area (Å²) < 4.78 is 68.9. The van der Waals surface area contributed by atoms with Crippen molar-refractivity contribution < 1.29 is 80.2 Å². The number of esters is 4. The van der Waals surface area contributed by atoms with Gasteiger partial charge in [-0.25, -0.2) is 9.13 Å². The molecule has 0 saturated heterocycles. The zero-order valence-electron chi connectivity index (χ0n) is 67.6. The predicted molar refractivity (Wildman–Crippen MR) is 423 cm³/mol. The van der Waals surface area contributed by atoms with Crippen molar-refractivity contribution in [2.75, 3.05) is 39.6 Å². The molecule has 0 radical (unpaired) electrons. The van der Waals surface area contributed by atoms with Crippen molar-refractivity contribution in [3.63, 3.8) is 0 Å². The average molecular weight is 1510 g/mol. The lowest BCUT2D eigenvalue weighted by atomic mass is 10.0. The topological polar surface area (TPSA) is 237 Å². The van der Waals surface area contributed by atoms with Crippen LogP contribution >= 0.6 is 15.6 Å². The molecule has 17 nitrogen and oxygen atoms in total. The molecule has 0 saturated carbocycles. The van der Waals surface area contributed by atoms with Crippen LogP contribution in [0.2, 0.25) is 0 Å². The summed E-state index contributed by atoms with van der Waals surface area (Å²) in [6, 6.07) is 0. The van der Waals surface area contributed by atoms with Crippen molar-refractivity contribution >= 4 is 39.5 Å². The molecule has 3 N–H and O–H groups in total. The molecule has 0 aromatic rings. The Labute approximate surface area is 632 Å². The molecule has 0 aromatic heterocycles. The Bertz CT molecular complexity index is 1980. The first-order valence-corrected chi connectivity index (χ1v) is 46.5. The van der Waals surface area contributed by atoms with Crippen LogP contribution in [-0.4, -0.2) is 96.7 Å². The number of hydrogen-bond donors (Lipinski definition) is 3. The lowest BCUT2D eigenvalue weighted by Gasteiger charge is -2.21. The molecule has 0 bridgehead atoms. The predicted octanol–water partition coefficient (Wildman–Crippen LogP) is 25.5. The van der Waals surface area contributed by atoms with Crippen LogP contribution in [-0.2, 0) is 65.4 Å². The standard InChI is InChI=1S/C84H164O17P2/c1-7-9-11-13-15-17-19-21-22-23-24-25-26-27-28-30-38-44-50-56-62-68-83(88)100-79(72-95-82(87)67-61-55-49-43-37-32-31-34-40-46-52-58-64-76(3)4)74-98-102(90,91)96-70-78(85)71-97-103(92,93)99-75-80(73-94-81(86)66-60-54-48-42-36-29-20-18-16-14-12-10-8-2)101-84(89)69-63-57-51-45-39-33-35-41-47-53-59-65-77(5)6/h76-80,85H,7-75H2,1-6H3,(H,90,91)(H,92,93)/t78-,79-,80-/m1/s1. The SMILES string of the molecule is CCCCCCCCCCCCCCCCCCCCCCCC(=O)O[C@H](COC(=O)CCCCCCCCCCCCCCC(C)C)COP(=O)(O)OC[C@@H](O)COP(=O)(O)OC[C@@H](COC(=O)CCCCCCCCCCCCCCC)OC(=O)CCCCCCCCCCCCCC(C)C. The number of carbonyl (C=O) groups excluding carboxylic acids is 4. The van der Waals surface area contributed by atoms with Gasteiger partial charge in [-0.3, -0.25) is 37.3 Å². The Balaban J connectivity index is 5.24. The van der Waals surface area contributed by atoms with E-state index in [0.29, 0.717) is 25.7 Å². The Hall–Kier alpha value is -1.94. The minimum absolute atomic E-state index is 0.107. The van der Waals surface area contributed by atoms with Crippen molar-refractivity contribution in [2.24, 2.45) is 11.8 Å². The first-order valence-electron chi connectivity index (χ1n) is 43.5. The van der Waals surface area contributed by atoms with Gasteiger partial charge in [-0.05, 0) is 37.5 Å². The second-order valence-corrected chi connectivity index (χ2v) is 34.1. The molecule has 103 heavy (non-hydrogen) atoms. The van der Waals surface area contributed by atoms with E-state index in [1.54, 1.807) is 0 Å². The summed E-state index contributed by atoms with van der Waals surface area (Å²) >= 11 is 0. The number of aliphatic hydroxyl groups excluding tert-OH is 1. The van der Waals surface area contributed by atoms with E-state index in [0.717, 1.165) is 102 Å². The fourth-order valence-corrected chi connectivity index (χ4v) is 14.6. The lowest BCUT2D eigenvalue weighted by Crippen LogP contribution is -2.30. The van der Waals surface area contributed by atoms with Gasteiger partial charge in [-0.15, -0.1) is 0 Å². The molecule has 0 fully saturated rings. The van der Waals surface area contributed by atoms with E-state index in [4.69, 9.17) is 37.0 Å². The van der Waals surface area contributed by atoms with Gasteiger partial charge >= 0.3 is 39.5 Å². The summed E-state index contributed by atoms with van der Waals surface area (Å²) in [4.78, 5) is 73.2. The summed E-state index contributed by atoms with van der Waals surface area (Å²) in [5.41, 5.74) is 0. The van der Waals surface area contributed by atoms with Gasteiger partial charge in [0.1, 0.15) is 19.3 Å². The van der Waals surface area contributed by atoms with E-state index in [2.05, 4.69) is 41.5 Å². The third kappa shape index (κ3) is 78.0. The number of rotatable bonds is 83. The average Bonchev–Trinajstić information content (AvgIpc) is 0.909. The molecular weight excluding hydrogens is 1340 g/mol. The number of phosphoric acid groups is 2. The number of aliphatic hydroxyl groups is 1. The molecule has 0 heterocycles. The van der Waals surface area contributed by atoms with Crippen LogP contribution in [0.3, 0.4) is 0 Å². The van der Waals surface area contributed by atoms with E-state index in [1.807, 2.05) is 0 Å². The highest BCUT2D eigenvalue weighted by molar-refractivity contribution is 7.47. The normalized spacial score (nSPS) is 13.9. The fraction of sp³-hybridized carbons (Fsp3) is 0.952. The van der Waals surface area contributed by atoms with Crippen molar-refractivity contribution in [1.82, 2.24) is 0 Å². The maximum Gasteiger partial charge on any atom is 0.472 e. The fourth-order valence-electron chi connectivity index (χ4n) is 13.1. The number of phosphoric ester groups is 2. The second-order valence-electron chi connectivity index (χ2n) is 31.2. The van der Waals surface area contributed by atoms with Crippen LogP contribution in [0.4, 0.5) is 0 Å². The third-order valence-electron chi connectivity index (χ3n) is 19.7. The van der Waals surface area contributed by atoms with Gasteiger partial charge in [-0.2, -0.15) is 0 Å². The third-order valence-corrected chi connectivity index (χ3v) is 21.6. The molecule has 0 aliphatic carbocycles. The Morgan fingerprint density at radius 1 is 0.262 bits per heavy atom. The van der Waals surface area contributed by atoms with Crippen LogP contribution in [0.1, 0.15) is 446 Å². The number of hydrogen-bond acceptors (Lipinski definition) is 15. The van der Waals surface area contributed by atoms with E-state index in [1.165, 1.54) is 263 Å². The Kier molecular flexibility index (Phi) is 74.1. The summed E-state index contributed by atoms with van der Waals surface area (Å²) in [7, 11) is -9.93. The first kappa shape index (κ1) is 101. The quantitative estimate of drug-likeness (QED) is 0.0222. The highest BCUT2D eigenvalue weighted by atomic mass is 31.2. The Morgan fingerprint density at radius 2 is 0.447 bits per heavy atom. The van der Waals surface area contributed by atoms with E-state index >= 15 is 0 Å². The van der Waals surface area contributed by atoms with Gasteiger partial charge in [0.05, 0.1) is 26.4 Å². The van der Waals surface area contributed by atoms with Gasteiger partial charge in [0, 0.05) is 25.7 Å². The maximum atomic E-state index is 13.1. The monoisotopic (exact) mass is 1510 g/mol. The van der Waals surface area contributed by atoms with Crippen LogP contribution in [0.15, 0.2) is 0 Å². The molecule has 19 heteroatoms. The molecule has 612 valence electrons. The van der Waals surface area contributed by atoms with Gasteiger partial charge in [0.15, 0.2) is 12.2 Å². The highest BCUT2D eigenvalue weighted by Gasteiger charge is 2.30. The van der Waals surface area contributed by atoms with Crippen molar-refractivity contribution in [1.29, 1.82) is 0 Å². The molecule has 0 amide bonds. The molecule has 0 aliphatic rings. The molecule has 5 atom stereocenters. The number of unbranched alkanes of at least 4 members (excludes halogenated alkanes) is 53. The smallest absolute Gasteiger partial charge is 0.462 e. The molecule has 0 spiro atoms. The van der Waals surface area contributed by atoms with Gasteiger partial charge in [-0.1, -0.05) is 395 Å². The largest absolute Gasteiger partial charge is 0.472 e. The molecule has 0 aliphatic heterocycles. The van der Waals surface area contributed by atoms with Crippen molar-refractivity contribution in [3.05, 3.63) is 0 Å². The zero-order chi connectivity index (χ0) is 75.6. The summed E-state index contributed by atoms with van der Waals surface area (Å²) in [5.74, 6) is -0.557. The second kappa shape index (κ2) is 75.5. The lowest BCUT2D eigenvalue weighted by molar-refractivity contribution is -0.161. The molecule has 0 rings (SSSR count). The first-order chi connectivity index (χ1) is 49.9. The molecular formula is C84H164O17P2. The van der Waals surface area contributed by atoms with Gasteiger partial charge in [0.25, 0.3) is 0 Å². The van der Waals surface area contributed by atoms with Crippen molar-refractivity contribution in [3.8, 4) is 0 Å². The minimum atomic E-state index is -4.96. The number of ether oxygens (including phenoxy) is 4. The van der Waals surface area contributed by atoms with Crippen LogP contribution < -0.4 is 0 Å². The van der Waals surface area contributed by atoms with E-state index in [9.17, 15) is 43.2 Å². The summed E-state index contributed by atoms with van der Waals surface area (Å²) in [6.45, 7) is 9.67. The number of carbonyl (C=O) groups is 4. The van der Waals surface area contributed by atoms with Gasteiger partial charge in [0.2, 0.25) is 0 Å². The van der Waals surface area contributed by atoms with E-state index < -0.39 is 97.5 Å². The van der Waals surface area contributed by atoms with Crippen LogP contribution in [0, 0.1) is 11.8 Å². The molecule has 0 aromatic carbocycles. The van der Waals surface area contributed by atoms with Gasteiger partial charge < -0.3 is 33.8 Å². The zero-order valence-corrected chi connectivity index (χ0v) is 69.4. The highest BCUT2D eigenvalue weighted by Crippen LogP contribution is 2.45. The van der Waals surface area contributed by atoms with Crippen LogP contribution in [0.25, 0.3) is 0 Å². The van der Waals surface area contributed by atoms with Crippen LogP contribution in [0.5, 0.6) is 0 Å². The minimum Gasteiger partial charge on any atom is -0.462 e. The van der Waals surface area contributed by atoms with E-state index in [-0.39, 0.29) is 25.7 Å². The maximum absolute atomic E-state index is 13.1. The Morgan fingerprint density at radius 3 is 0.660 bits per heavy atom. The van der Waals surface area contributed by atoms with Crippen molar-refractivity contribution in [2.45, 2.75) is 464 Å². The summed E-state index contributed by atoms with van der Waals surface area (Å²) in [5, 5.41) is 10.7. The molecule has 2 unspecified atom stereocenters.